The van der Waals surface area contributed by atoms with E-state index in [1.54, 1.807) is 0 Å². The second-order valence-electron chi connectivity index (χ2n) is 5.53. The molecule has 1 aliphatic rings. The molecule has 1 aliphatic heterocycles. The van der Waals surface area contributed by atoms with Gasteiger partial charge in [0.15, 0.2) is 0 Å². The van der Waals surface area contributed by atoms with Crippen molar-refractivity contribution in [3.8, 4) is 0 Å². The number of hydrogen-bond donors (Lipinski definition) is 1. The third-order valence-corrected chi connectivity index (χ3v) is 4.08. The van der Waals surface area contributed by atoms with Crippen LogP contribution in [0, 0.1) is 0 Å². The molecule has 0 radical (unpaired) electrons. The molecule has 0 spiro atoms. The molecule has 2 nitrogen and oxygen atoms in total. The van der Waals surface area contributed by atoms with Crippen LogP contribution >= 0.6 is 0 Å². The Hall–Kier alpha value is -1.96. The third-order valence-electron chi connectivity index (χ3n) is 4.08. The molecule has 3 rings (SSSR count). The Morgan fingerprint density at radius 2 is 1.85 bits per heavy atom. The van der Waals surface area contributed by atoms with Gasteiger partial charge in [0, 0.05) is 13.1 Å². The lowest BCUT2D eigenvalue weighted by Gasteiger charge is -2.32. The van der Waals surface area contributed by atoms with Crippen LogP contribution in [0.25, 0.3) is 0 Å². The van der Waals surface area contributed by atoms with Gasteiger partial charge in [0.1, 0.15) is 0 Å². The van der Waals surface area contributed by atoms with Crippen LogP contribution in [0.5, 0.6) is 0 Å². The third kappa shape index (κ3) is 2.79. The van der Waals surface area contributed by atoms with Gasteiger partial charge in [-0.05, 0) is 42.9 Å². The van der Waals surface area contributed by atoms with E-state index in [0.717, 1.165) is 31.6 Å². The highest BCUT2D eigenvalue weighted by atomic mass is 15.1. The molecule has 2 aromatic rings. The number of para-hydroxylation sites is 1. The maximum absolute atomic E-state index is 6.17. The Morgan fingerprint density at radius 1 is 1.00 bits per heavy atom. The predicted octanol–water partition coefficient (Wildman–Crippen LogP) is 3.65. The maximum atomic E-state index is 6.17. The van der Waals surface area contributed by atoms with Crippen LogP contribution in [-0.2, 0) is 12.8 Å². The van der Waals surface area contributed by atoms with Gasteiger partial charge in [0.25, 0.3) is 0 Å². The largest absolute Gasteiger partial charge is 0.397 e. The first kappa shape index (κ1) is 13.0. The smallest absolute Gasteiger partial charge is 0.0632 e. The number of hydrogen-bond acceptors (Lipinski definition) is 2. The molecule has 2 N–H and O–H groups in total. The monoisotopic (exact) mass is 266 g/mol. The molecule has 2 heteroatoms. The maximum Gasteiger partial charge on any atom is 0.0632 e. The number of anilines is 2. The average molecular weight is 266 g/mol. The first-order valence-electron chi connectivity index (χ1n) is 7.51. The van der Waals surface area contributed by atoms with E-state index in [1.165, 1.54) is 29.7 Å². The fourth-order valence-corrected chi connectivity index (χ4v) is 3.11. The van der Waals surface area contributed by atoms with E-state index < -0.39 is 0 Å². The van der Waals surface area contributed by atoms with Crippen molar-refractivity contribution in [2.24, 2.45) is 0 Å². The summed E-state index contributed by atoms with van der Waals surface area (Å²) in [6.07, 6.45) is 4.72. The second-order valence-corrected chi connectivity index (χ2v) is 5.53. The highest BCUT2D eigenvalue weighted by Crippen LogP contribution is 2.32. The fraction of sp³-hybridized carbons (Fsp3) is 0.333. The summed E-state index contributed by atoms with van der Waals surface area (Å²) in [5, 5.41) is 0. The normalized spacial score (nSPS) is 14.1. The van der Waals surface area contributed by atoms with Crippen molar-refractivity contribution in [2.45, 2.75) is 25.7 Å². The summed E-state index contributed by atoms with van der Waals surface area (Å²) in [6, 6.07) is 17.0. The average Bonchev–Trinajstić information content (AvgIpc) is 2.49. The minimum Gasteiger partial charge on any atom is -0.397 e. The lowest BCUT2D eigenvalue weighted by molar-refractivity contribution is 0.665. The minimum atomic E-state index is 0.932. The van der Waals surface area contributed by atoms with Crippen LogP contribution in [0.2, 0.25) is 0 Å². The molecule has 0 saturated heterocycles. The van der Waals surface area contributed by atoms with Gasteiger partial charge in [-0.1, -0.05) is 42.5 Å². The van der Waals surface area contributed by atoms with Crippen molar-refractivity contribution in [3.05, 3.63) is 59.7 Å². The molecule has 0 aliphatic carbocycles. The summed E-state index contributed by atoms with van der Waals surface area (Å²) >= 11 is 0. The van der Waals surface area contributed by atoms with Gasteiger partial charge in [-0.3, -0.25) is 0 Å². The van der Waals surface area contributed by atoms with E-state index in [-0.39, 0.29) is 0 Å². The van der Waals surface area contributed by atoms with E-state index in [9.17, 15) is 0 Å². The molecule has 0 atom stereocenters. The zero-order valence-corrected chi connectivity index (χ0v) is 11.9. The van der Waals surface area contributed by atoms with Gasteiger partial charge in [-0.15, -0.1) is 0 Å². The molecule has 1 heterocycles. The van der Waals surface area contributed by atoms with Crippen molar-refractivity contribution < 1.29 is 0 Å². The molecule has 0 fully saturated rings. The molecule has 0 bridgehead atoms. The number of nitrogens with zero attached hydrogens (tertiary/aromatic N) is 1. The van der Waals surface area contributed by atoms with Gasteiger partial charge in [-0.2, -0.15) is 0 Å². The number of benzene rings is 2. The van der Waals surface area contributed by atoms with E-state index in [0.29, 0.717) is 0 Å². The number of nitrogen functional groups attached to an aromatic ring is 1. The minimum absolute atomic E-state index is 0.932. The van der Waals surface area contributed by atoms with Crippen LogP contribution in [-0.4, -0.2) is 13.1 Å². The Labute approximate surface area is 121 Å². The summed E-state index contributed by atoms with van der Waals surface area (Å²) in [5.41, 5.74) is 11.2. The summed E-state index contributed by atoms with van der Waals surface area (Å²) in [6.45, 7) is 2.23. The first-order chi connectivity index (χ1) is 9.84. The van der Waals surface area contributed by atoms with Crippen molar-refractivity contribution >= 4 is 11.4 Å². The van der Waals surface area contributed by atoms with E-state index in [1.807, 2.05) is 6.07 Å². The molecule has 0 aromatic heterocycles. The molecule has 104 valence electrons. The summed E-state index contributed by atoms with van der Waals surface area (Å²) in [5.74, 6) is 0. The molecule has 2 aromatic carbocycles. The molecule has 0 saturated carbocycles. The van der Waals surface area contributed by atoms with Crippen molar-refractivity contribution in [3.63, 3.8) is 0 Å². The zero-order chi connectivity index (χ0) is 13.8. The van der Waals surface area contributed by atoms with Crippen LogP contribution in [0.1, 0.15) is 24.0 Å². The van der Waals surface area contributed by atoms with Gasteiger partial charge >= 0.3 is 0 Å². The lowest BCUT2D eigenvalue weighted by Crippen LogP contribution is -2.31. The van der Waals surface area contributed by atoms with E-state index in [4.69, 9.17) is 5.73 Å². The second kappa shape index (κ2) is 6.00. The van der Waals surface area contributed by atoms with Crippen LogP contribution in [0.3, 0.4) is 0 Å². The molecular weight excluding hydrogens is 244 g/mol. The van der Waals surface area contributed by atoms with Crippen LogP contribution in [0.4, 0.5) is 11.4 Å². The Morgan fingerprint density at radius 3 is 2.70 bits per heavy atom. The highest BCUT2D eigenvalue weighted by molar-refractivity contribution is 5.72. The first-order valence-corrected chi connectivity index (χ1v) is 7.51. The number of aryl methyl sites for hydroxylation is 2. The summed E-state index contributed by atoms with van der Waals surface area (Å²) in [4.78, 5) is 2.47. The summed E-state index contributed by atoms with van der Waals surface area (Å²) < 4.78 is 0. The van der Waals surface area contributed by atoms with Crippen LogP contribution in [0.15, 0.2) is 48.5 Å². The van der Waals surface area contributed by atoms with Crippen molar-refractivity contribution in [2.75, 3.05) is 23.7 Å². The molecule has 20 heavy (non-hydrogen) atoms. The predicted molar refractivity (Wildman–Crippen MR) is 86.2 cm³/mol. The van der Waals surface area contributed by atoms with E-state index >= 15 is 0 Å². The molecular formula is C18H22N2. The topological polar surface area (TPSA) is 29.3 Å². The highest BCUT2D eigenvalue weighted by Gasteiger charge is 2.18. The fourth-order valence-electron chi connectivity index (χ4n) is 3.11. The number of fused-ring (bicyclic) bond motifs is 1. The van der Waals surface area contributed by atoms with Gasteiger partial charge < -0.3 is 10.6 Å². The SMILES string of the molecule is Nc1cccc2c1N(CCCc1ccccc1)CCC2. The van der Waals surface area contributed by atoms with Gasteiger partial charge in [0.2, 0.25) is 0 Å². The Kier molecular flexibility index (Phi) is 3.91. The van der Waals surface area contributed by atoms with Gasteiger partial charge in [-0.25, -0.2) is 0 Å². The zero-order valence-electron chi connectivity index (χ0n) is 11.9. The quantitative estimate of drug-likeness (QED) is 0.856. The number of nitrogens with two attached hydrogens (primary N) is 1. The van der Waals surface area contributed by atoms with E-state index in [2.05, 4.69) is 47.4 Å². The Bertz CT molecular complexity index is 563. The lowest BCUT2D eigenvalue weighted by atomic mass is 10.00. The molecule has 0 unspecified atom stereocenters. The van der Waals surface area contributed by atoms with Crippen molar-refractivity contribution in [1.29, 1.82) is 0 Å². The Balaban J connectivity index is 1.65. The number of rotatable bonds is 4. The van der Waals surface area contributed by atoms with Gasteiger partial charge in [0.05, 0.1) is 11.4 Å². The molecule has 0 amide bonds. The summed E-state index contributed by atoms with van der Waals surface area (Å²) in [7, 11) is 0. The standard InChI is InChI=1S/C18H22N2/c19-17-12-4-10-16-11-6-14-20(18(16)17)13-5-9-15-7-2-1-3-8-15/h1-4,7-8,10,12H,5-6,9,11,13-14,19H2. The van der Waals surface area contributed by atoms with Crippen molar-refractivity contribution in [1.82, 2.24) is 0 Å². The van der Waals surface area contributed by atoms with Crippen LogP contribution < -0.4 is 10.6 Å².